The Hall–Kier alpha value is -2.37. The van der Waals surface area contributed by atoms with E-state index in [9.17, 15) is 14.4 Å². The Bertz CT molecular complexity index is 521. The van der Waals surface area contributed by atoms with Crippen LogP contribution in [0.15, 0.2) is 24.3 Å². The Labute approximate surface area is 116 Å². The first-order valence-electron chi connectivity index (χ1n) is 6.47. The molecule has 0 radical (unpaired) electrons. The van der Waals surface area contributed by atoms with Crippen LogP contribution in [0.3, 0.4) is 0 Å². The molecule has 2 rings (SSSR count). The van der Waals surface area contributed by atoms with Crippen molar-refractivity contribution < 1.29 is 14.4 Å². The number of hydrogen-bond acceptors (Lipinski definition) is 3. The number of benzene rings is 1. The Morgan fingerprint density at radius 3 is 2.20 bits per heavy atom. The second-order valence-corrected chi connectivity index (χ2v) is 5.06. The molecule has 1 saturated heterocycles. The fraction of sp³-hybridized carbons (Fsp3) is 0.357. The first kappa shape index (κ1) is 14.0. The molecule has 6 nitrogen and oxygen atoms in total. The summed E-state index contributed by atoms with van der Waals surface area (Å²) in [7, 11) is 0. The molecule has 20 heavy (non-hydrogen) atoms. The van der Waals surface area contributed by atoms with Crippen LogP contribution in [0.1, 0.15) is 31.7 Å². The summed E-state index contributed by atoms with van der Waals surface area (Å²) >= 11 is 0. The third-order valence-corrected chi connectivity index (χ3v) is 3.19. The van der Waals surface area contributed by atoms with Crippen LogP contribution in [-0.2, 0) is 14.4 Å². The van der Waals surface area contributed by atoms with E-state index < -0.39 is 17.7 Å². The van der Waals surface area contributed by atoms with Crippen LogP contribution in [0.25, 0.3) is 0 Å². The lowest BCUT2D eigenvalue weighted by Crippen LogP contribution is -2.28. The van der Waals surface area contributed by atoms with Gasteiger partial charge in [-0.25, -0.2) is 0 Å². The summed E-state index contributed by atoms with van der Waals surface area (Å²) in [6.45, 7) is 4.18. The first-order valence-corrected chi connectivity index (χ1v) is 6.47. The molecule has 0 unspecified atom stereocenters. The molecule has 0 atom stereocenters. The summed E-state index contributed by atoms with van der Waals surface area (Å²) < 4.78 is 0. The van der Waals surface area contributed by atoms with Gasteiger partial charge in [-0.15, -0.1) is 0 Å². The van der Waals surface area contributed by atoms with Crippen LogP contribution in [0.5, 0.6) is 0 Å². The summed E-state index contributed by atoms with van der Waals surface area (Å²) in [4.78, 5) is 34.4. The van der Waals surface area contributed by atoms with Gasteiger partial charge in [0.2, 0.25) is 5.91 Å². The molecule has 106 valence electrons. The quantitative estimate of drug-likeness (QED) is 0.714. The van der Waals surface area contributed by atoms with Crippen LogP contribution in [0.4, 0.5) is 5.69 Å². The Kier molecular flexibility index (Phi) is 4.02. The van der Waals surface area contributed by atoms with Crippen molar-refractivity contribution in [2.75, 3.05) is 5.32 Å². The molecule has 0 aromatic heterocycles. The van der Waals surface area contributed by atoms with Crippen molar-refractivity contribution in [1.82, 2.24) is 10.9 Å². The second kappa shape index (κ2) is 5.73. The molecule has 0 aliphatic carbocycles. The van der Waals surface area contributed by atoms with E-state index in [0.717, 1.165) is 0 Å². The average molecular weight is 275 g/mol. The average Bonchev–Trinajstić information content (AvgIpc) is 2.71. The molecular weight excluding hydrogens is 258 g/mol. The number of anilines is 1. The topological polar surface area (TPSA) is 87.3 Å². The van der Waals surface area contributed by atoms with Gasteiger partial charge in [-0.2, -0.15) is 0 Å². The summed E-state index contributed by atoms with van der Waals surface area (Å²) in [5.41, 5.74) is 6.21. The Morgan fingerprint density at radius 2 is 1.70 bits per heavy atom. The SMILES string of the molecule is CC(C)c1ccc(NC(=O)CC2C(=O)NNC2=O)cc1. The maximum absolute atomic E-state index is 11.8. The van der Waals surface area contributed by atoms with E-state index in [-0.39, 0.29) is 12.3 Å². The zero-order valence-corrected chi connectivity index (χ0v) is 11.4. The van der Waals surface area contributed by atoms with Crippen molar-refractivity contribution in [3.05, 3.63) is 29.8 Å². The van der Waals surface area contributed by atoms with E-state index in [1.54, 1.807) is 0 Å². The third kappa shape index (κ3) is 3.14. The lowest BCUT2D eigenvalue weighted by Gasteiger charge is -2.09. The van der Waals surface area contributed by atoms with Crippen molar-refractivity contribution in [1.29, 1.82) is 0 Å². The maximum Gasteiger partial charge on any atom is 0.251 e. The highest BCUT2D eigenvalue weighted by atomic mass is 16.2. The number of amides is 3. The van der Waals surface area contributed by atoms with Crippen molar-refractivity contribution >= 4 is 23.4 Å². The number of rotatable bonds is 4. The van der Waals surface area contributed by atoms with E-state index in [1.165, 1.54) is 5.56 Å². The van der Waals surface area contributed by atoms with Gasteiger partial charge in [-0.05, 0) is 23.6 Å². The van der Waals surface area contributed by atoms with Crippen LogP contribution in [0.2, 0.25) is 0 Å². The van der Waals surface area contributed by atoms with Gasteiger partial charge < -0.3 is 5.32 Å². The van der Waals surface area contributed by atoms with Gasteiger partial charge >= 0.3 is 0 Å². The predicted octanol–water partition coefficient (Wildman–Crippen LogP) is 0.916. The molecule has 6 heteroatoms. The molecule has 3 amide bonds. The minimum absolute atomic E-state index is 0.163. The van der Waals surface area contributed by atoms with Gasteiger partial charge in [0.05, 0.1) is 0 Å². The minimum Gasteiger partial charge on any atom is -0.326 e. The standard InChI is InChI=1S/C14H17N3O3/c1-8(2)9-3-5-10(6-4-9)15-12(18)7-11-13(19)16-17-14(11)20/h3-6,8,11H,7H2,1-2H3,(H,15,18)(H,16,19)(H,17,20). The lowest BCUT2D eigenvalue weighted by molar-refractivity contribution is -0.131. The molecule has 0 bridgehead atoms. The summed E-state index contributed by atoms with van der Waals surface area (Å²) in [6.07, 6.45) is -0.163. The van der Waals surface area contributed by atoms with Crippen LogP contribution in [-0.4, -0.2) is 17.7 Å². The number of nitrogens with one attached hydrogen (secondary N) is 3. The van der Waals surface area contributed by atoms with Gasteiger partial charge in [0, 0.05) is 12.1 Å². The molecule has 1 aliphatic heterocycles. The molecular formula is C14H17N3O3. The molecule has 1 aliphatic rings. The monoisotopic (exact) mass is 275 g/mol. The summed E-state index contributed by atoms with van der Waals surface area (Å²) in [6, 6.07) is 7.49. The largest absolute Gasteiger partial charge is 0.326 e. The van der Waals surface area contributed by atoms with Gasteiger partial charge in [0.1, 0.15) is 5.92 Å². The molecule has 1 fully saturated rings. The smallest absolute Gasteiger partial charge is 0.251 e. The molecule has 1 aromatic rings. The van der Waals surface area contributed by atoms with Crippen molar-refractivity contribution in [2.24, 2.45) is 5.92 Å². The van der Waals surface area contributed by atoms with Crippen molar-refractivity contribution in [2.45, 2.75) is 26.2 Å². The fourth-order valence-corrected chi connectivity index (χ4v) is 1.95. The van der Waals surface area contributed by atoms with Crippen molar-refractivity contribution in [3.63, 3.8) is 0 Å². The van der Waals surface area contributed by atoms with E-state index in [2.05, 4.69) is 30.0 Å². The number of carbonyl (C=O) groups excluding carboxylic acids is 3. The summed E-state index contributed by atoms with van der Waals surface area (Å²) in [5.74, 6) is -1.84. The lowest BCUT2D eigenvalue weighted by atomic mass is 10.0. The highest BCUT2D eigenvalue weighted by Gasteiger charge is 2.34. The molecule has 1 aromatic carbocycles. The van der Waals surface area contributed by atoms with Crippen LogP contribution >= 0.6 is 0 Å². The number of hydrogen-bond donors (Lipinski definition) is 3. The van der Waals surface area contributed by atoms with Gasteiger partial charge in [-0.1, -0.05) is 26.0 Å². The van der Waals surface area contributed by atoms with Crippen LogP contribution < -0.4 is 16.2 Å². The molecule has 3 N–H and O–H groups in total. The Morgan fingerprint density at radius 1 is 1.15 bits per heavy atom. The molecule has 0 spiro atoms. The van der Waals surface area contributed by atoms with Gasteiger partial charge in [0.25, 0.3) is 11.8 Å². The third-order valence-electron chi connectivity index (χ3n) is 3.19. The zero-order chi connectivity index (χ0) is 14.7. The first-order chi connectivity index (χ1) is 9.47. The zero-order valence-electron chi connectivity index (χ0n) is 11.4. The highest BCUT2D eigenvalue weighted by Crippen LogP contribution is 2.18. The van der Waals surface area contributed by atoms with Crippen molar-refractivity contribution in [3.8, 4) is 0 Å². The van der Waals surface area contributed by atoms with E-state index >= 15 is 0 Å². The van der Waals surface area contributed by atoms with E-state index in [0.29, 0.717) is 11.6 Å². The van der Waals surface area contributed by atoms with E-state index in [4.69, 9.17) is 0 Å². The van der Waals surface area contributed by atoms with E-state index in [1.807, 2.05) is 24.3 Å². The van der Waals surface area contributed by atoms with Crippen LogP contribution in [0, 0.1) is 5.92 Å². The molecule has 0 saturated carbocycles. The minimum atomic E-state index is -0.954. The van der Waals surface area contributed by atoms with Gasteiger partial charge in [-0.3, -0.25) is 25.2 Å². The highest BCUT2D eigenvalue weighted by molar-refractivity contribution is 6.08. The number of carbonyl (C=O) groups is 3. The summed E-state index contributed by atoms with van der Waals surface area (Å²) in [5, 5.41) is 2.68. The number of hydrazine groups is 1. The normalized spacial score (nSPS) is 15.2. The Balaban J connectivity index is 1.94. The molecule has 1 heterocycles. The maximum atomic E-state index is 11.8. The fourth-order valence-electron chi connectivity index (χ4n) is 1.95. The predicted molar refractivity (Wildman–Crippen MR) is 73.6 cm³/mol. The van der Waals surface area contributed by atoms with Gasteiger partial charge in [0.15, 0.2) is 0 Å². The second-order valence-electron chi connectivity index (χ2n) is 5.06.